The van der Waals surface area contributed by atoms with E-state index in [-0.39, 0.29) is 5.25 Å². The molecule has 4 atom stereocenters. The summed E-state index contributed by atoms with van der Waals surface area (Å²) in [7, 11) is 0. The summed E-state index contributed by atoms with van der Waals surface area (Å²) >= 11 is 1.59. The molecular formula is C20H34O2S. The molecule has 2 aliphatic rings. The zero-order chi connectivity index (χ0) is 17.0. The summed E-state index contributed by atoms with van der Waals surface area (Å²) in [5, 5.41) is 8.84. The highest BCUT2D eigenvalue weighted by atomic mass is 32.2. The van der Waals surface area contributed by atoms with E-state index >= 15 is 0 Å². The topological polar surface area (TPSA) is 37.3 Å². The fourth-order valence-corrected chi connectivity index (χ4v) is 5.14. The second-order valence-electron chi connectivity index (χ2n) is 8.60. The van der Waals surface area contributed by atoms with Crippen molar-refractivity contribution in [2.75, 3.05) is 0 Å². The smallest absolute Gasteiger partial charge is 0.317 e. The molecule has 2 nitrogen and oxygen atoms in total. The maximum Gasteiger partial charge on any atom is 0.317 e. The van der Waals surface area contributed by atoms with Gasteiger partial charge < -0.3 is 5.11 Å². The monoisotopic (exact) mass is 338 g/mol. The van der Waals surface area contributed by atoms with Crippen LogP contribution in [0.4, 0.5) is 0 Å². The van der Waals surface area contributed by atoms with E-state index in [0.717, 1.165) is 30.6 Å². The number of hydrogen-bond acceptors (Lipinski definition) is 2. The summed E-state index contributed by atoms with van der Waals surface area (Å²) in [6.07, 6.45) is 12.1. The van der Waals surface area contributed by atoms with Gasteiger partial charge in [0.05, 0.1) is 0 Å². The zero-order valence-electron chi connectivity index (χ0n) is 15.3. The number of allylic oxidation sites excluding steroid dienone is 2. The Balaban J connectivity index is 1.62. The lowest BCUT2D eigenvalue weighted by Gasteiger charge is -2.25. The third kappa shape index (κ3) is 6.17. The van der Waals surface area contributed by atoms with Crippen molar-refractivity contribution in [1.29, 1.82) is 0 Å². The van der Waals surface area contributed by atoms with Gasteiger partial charge in [-0.25, -0.2) is 0 Å². The Morgan fingerprint density at radius 2 is 2.13 bits per heavy atom. The van der Waals surface area contributed by atoms with Crippen molar-refractivity contribution in [3.63, 3.8) is 0 Å². The maximum absolute atomic E-state index is 11.0. The van der Waals surface area contributed by atoms with Crippen LogP contribution in [0.25, 0.3) is 0 Å². The quantitative estimate of drug-likeness (QED) is 0.521. The van der Waals surface area contributed by atoms with Gasteiger partial charge in [0.15, 0.2) is 0 Å². The Bertz CT molecular complexity index is 441. The van der Waals surface area contributed by atoms with Gasteiger partial charge in [-0.3, -0.25) is 4.79 Å². The van der Waals surface area contributed by atoms with Crippen LogP contribution in [0.5, 0.6) is 0 Å². The second-order valence-corrected chi connectivity index (χ2v) is 9.93. The van der Waals surface area contributed by atoms with E-state index in [9.17, 15) is 4.79 Å². The number of carboxylic acids is 1. The van der Waals surface area contributed by atoms with E-state index in [1.165, 1.54) is 43.4 Å². The molecule has 1 heterocycles. The van der Waals surface area contributed by atoms with Crippen molar-refractivity contribution in [2.24, 2.45) is 23.2 Å². The summed E-state index contributed by atoms with van der Waals surface area (Å²) in [6.45, 7) is 9.52. The largest absolute Gasteiger partial charge is 0.480 e. The molecule has 1 aliphatic heterocycles. The van der Waals surface area contributed by atoms with Crippen LogP contribution in [0.1, 0.15) is 79.1 Å². The minimum Gasteiger partial charge on any atom is -0.480 e. The van der Waals surface area contributed by atoms with E-state index in [4.69, 9.17) is 5.11 Å². The fraction of sp³-hybridized carbons (Fsp3) is 0.850. The lowest BCUT2D eigenvalue weighted by atomic mass is 9.80. The number of carbonyl (C=O) groups is 1. The number of carboxylic acid groups (broad SMARTS) is 1. The Hall–Kier alpha value is -0.440. The molecule has 0 aromatic rings. The van der Waals surface area contributed by atoms with Gasteiger partial charge in [0.2, 0.25) is 0 Å². The SMILES string of the molecule is CCCC(C)(C)CC[C@@H](C)C[C@H]1C[C@H]1CC1=CCC(C(=O)O)S1. The molecule has 1 unspecified atom stereocenters. The van der Waals surface area contributed by atoms with Crippen molar-refractivity contribution in [2.45, 2.75) is 84.3 Å². The molecule has 1 fully saturated rings. The number of hydrogen-bond donors (Lipinski definition) is 1. The molecule has 1 aliphatic carbocycles. The van der Waals surface area contributed by atoms with Gasteiger partial charge in [0, 0.05) is 0 Å². The van der Waals surface area contributed by atoms with Crippen LogP contribution in [0.3, 0.4) is 0 Å². The summed E-state index contributed by atoms with van der Waals surface area (Å²) in [5.41, 5.74) is 0.503. The van der Waals surface area contributed by atoms with Gasteiger partial charge in [-0.1, -0.05) is 46.6 Å². The first-order chi connectivity index (χ1) is 10.8. The molecule has 1 N–H and O–H groups in total. The molecule has 0 aromatic heterocycles. The van der Waals surface area contributed by atoms with Crippen LogP contribution in [0, 0.1) is 23.2 Å². The Kier molecular flexibility index (Phi) is 6.65. The van der Waals surface area contributed by atoms with E-state index < -0.39 is 5.97 Å². The van der Waals surface area contributed by atoms with Crippen LogP contribution < -0.4 is 0 Å². The average Bonchev–Trinajstić information content (AvgIpc) is 2.98. The molecule has 2 rings (SSSR count). The molecule has 0 amide bonds. The van der Waals surface area contributed by atoms with Gasteiger partial charge >= 0.3 is 5.97 Å². The fourth-order valence-electron chi connectivity index (χ4n) is 3.98. The minimum absolute atomic E-state index is 0.220. The van der Waals surface area contributed by atoms with E-state index in [0.29, 0.717) is 5.41 Å². The Morgan fingerprint density at radius 3 is 2.74 bits per heavy atom. The first kappa shape index (κ1) is 18.9. The first-order valence-corrected chi connectivity index (χ1v) is 10.3. The van der Waals surface area contributed by atoms with Gasteiger partial charge in [-0.2, -0.15) is 0 Å². The lowest BCUT2D eigenvalue weighted by molar-refractivity contribution is -0.136. The predicted octanol–water partition coefficient (Wildman–Crippen LogP) is 6.12. The van der Waals surface area contributed by atoms with E-state index in [2.05, 4.69) is 33.8 Å². The number of aliphatic carboxylic acids is 1. The van der Waals surface area contributed by atoms with E-state index in [1.807, 2.05) is 0 Å². The van der Waals surface area contributed by atoms with Crippen molar-refractivity contribution >= 4 is 17.7 Å². The van der Waals surface area contributed by atoms with Crippen LogP contribution in [0.2, 0.25) is 0 Å². The van der Waals surface area contributed by atoms with Gasteiger partial charge in [0.1, 0.15) is 5.25 Å². The number of rotatable bonds is 10. The summed E-state index contributed by atoms with van der Waals surface area (Å²) in [5.74, 6) is 1.90. The predicted molar refractivity (Wildman–Crippen MR) is 99.6 cm³/mol. The molecule has 1 saturated carbocycles. The Morgan fingerprint density at radius 1 is 1.39 bits per heavy atom. The molecule has 3 heteroatoms. The zero-order valence-corrected chi connectivity index (χ0v) is 16.1. The van der Waals surface area contributed by atoms with Crippen molar-refractivity contribution in [1.82, 2.24) is 0 Å². The summed E-state index contributed by atoms with van der Waals surface area (Å²) < 4.78 is 0. The van der Waals surface area contributed by atoms with Crippen molar-refractivity contribution in [3.05, 3.63) is 11.0 Å². The summed E-state index contributed by atoms with van der Waals surface area (Å²) in [6, 6.07) is 0. The minimum atomic E-state index is -0.656. The second kappa shape index (κ2) is 8.09. The normalized spacial score (nSPS) is 28.5. The molecule has 0 saturated heterocycles. The molecule has 0 spiro atoms. The number of thioether (sulfide) groups is 1. The molecule has 132 valence electrons. The maximum atomic E-state index is 11.0. The highest BCUT2D eigenvalue weighted by Crippen LogP contribution is 2.50. The summed E-state index contributed by atoms with van der Waals surface area (Å²) in [4.78, 5) is 12.3. The third-order valence-corrected chi connectivity index (χ3v) is 6.92. The molecular weight excluding hydrogens is 304 g/mol. The van der Waals surface area contributed by atoms with Gasteiger partial charge in [-0.15, -0.1) is 11.8 Å². The average molecular weight is 339 g/mol. The lowest BCUT2D eigenvalue weighted by Crippen LogP contribution is -2.13. The highest BCUT2D eigenvalue weighted by molar-refractivity contribution is 8.04. The van der Waals surface area contributed by atoms with Gasteiger partial charge in [-0.05, 0) is 66.6 Å². The first-order valence-electron chi connectivity index (χ1n) is 9.39. The van der Waals surface area contributed by atoms with E-state index in [1.54, 1.807) is 11.8 Å². The third-order valence-electron chi connectivity index (χ3n) is 5.61. The van der Waals surface area contributed by atoms with Crippen LogP contribution in [0.15, 0.2) is 11.0 Å². The molecule has 0 radical (unpaired) electrons. The molecule has 0 aromatic carbocycles. The van der Waals surface area contributed by atoms with Crippen LogP contribution >= 0.6 is 11.8 Å². The standard InChI is InChI=1S/C20H34O2S/c1-5-9-20(3,4)10-8-14(2)11-15-12-16(15)13-17-6-7-18(23-17)19(21)22/h6,14-16,18H,5,7-13H2,1-4H3,(H,21,22)/t14-,15+,16+,18?/m1/s1. The highest BCUT2D eigenvalue weighted by Gasteiger charge is 2.39. The van der Waals surface area contributed by atoms with Crippen LogP contribution in [-0.2, 0) is 4.79 Å². The van der Waals surface area contributed by atoms with Crippen LogP contribution in [-0.4, -0.2) is 16.3 Å². The van der Waals surface area contributed by atoms with Gasteiger partial charge in [0.25, 0.3) is 0 Å². The van der Waals surface area contributed by atoms with Crippen molar-refractivity contribution in [3.8, 4) is 0 Å². The molecule has 0 bridgehead atoms. The Labute approximate surface area is 146 Å². The molecule has 23 heavy (non-hydrogen) atoms. The van der Waals surface area contributed by atoms with Crippen molar-refractivity contribution < 1.29 is 9.90 Å².